The monoisotopic (exact) mass is 370 g/mol. The van der Waals surface area contributed by atoms with Crippen molar-refractivity contribution in [2.75, 3.05) is 20.2 Å². The summed E-state index contributed by atoms with van der Waals surface area (Å²) in [6, 6.07) is 8.11. The minimum atomic E-state index is -0.492. The van der Waals surface area contributed by atoms with Crippen molar-refractivity contribution in [3.63, 3.8) is 0 Å². The number of hydrogen-bond acceptors (Lipinski definition) is 4. The average molecular weight is 370 g/mol. The number of nitrogens with one attached hydrogen (secondary N) is 2. The van der Waals surface area contributed by atoms with Crippen LogP contribution in [0.1, 0.15) is 37.3 Å². The summed E-state index contributed by atoms with van der Waals surface area (Å²) in [5.74, 6) is -0.622. The molecule has 0 saturated carbocycles. The Balaban J connectivity index is 1.89. The van der Waals surface area contributed by atoms with Gasteiger partial charge in [-0.05, 0) is 35.0 Å². The zero-order valence-electron chi connectivity index (χ0n) is 16.0. The first kappa shape index (κ1) is 19.1. The number of carbonyl (C=O) groups excluding carboxylic acids is 3. The van der Waals surface area contributed by atoms with Crippen molar-refractivity contribution < 1.29 is 19.1 Å². The van der Waals surface area contributed by atoms with Crippen molar-refractivity contribution in [2.45, 2.75) is 32.6 Å². The van der Waals surface area contributed by atoms with Crippen LogP contribution in [-0.4, -0.2) is 37.8 Å². The number of allylic oxidation sites excluding steroid dienone is 1. The Kier molecular flexibility index (Phi) is 5.35. The van der Waals surface area contributed by atoms with Gasteiger partial charge >= 0.3 is 0 Å². The number of hydrogen-bond donors (Lipinski definition) is 2. The van der Waals surface area contributed by atoms with E-state index < -0.39 is 11.3 Å². The van der Waals surface area contributed by atoms with Crippen molar-refractivity contribution in [1.29, 1.82) is 0 Å². The molecule has 3 rings (SSSR count). The van der Waals surface area contributed by atoms with Crippen LogP contribution in [0.3, 0.4) is 0 Å². The Morgan fingerprint density at radius 2 is 1.93 bits per heavy atom. The molecule has 6 heteroatoms. The average Bonchev–Trinajstić information content (AvgIpc) is 2.85. The lowest BCUT2D eigenvalue weighted by Crippen LogP contribution is -2.43. The van der Waals surface area contributed by atoms with Crippen molar-refractivity contribution in [3.8, 4) is 0 Å². The van der Waals surface area contributed by atoms with Crippen molar-refractivity contribution in [1.82, 2.24) is 10.6 Å². The SMILES string of the molecule is COC1=C[C@H](C(=O)NCCNC(C)=O)[C@@]2(C)Cc3ccccc3[C@H]2CC1=O. The Morgan fingerprint density at radius 3 is 2.63 bits per heavy atom. The van der Waals surface area contributed by atoms with Gasteiger partial charge < -0.3 is 15.4 Å². The van der Waals surface area contributed by atoms with Crippen LogP contribution in [0.15, 0.2) is 36.1 Å². The van der Waals surface area contributed by atoms with Gasteiger partial charge in [-0.3, -0.25) is 14.4 Å². The fourth-order valence-corrected chi connectivity index (χ4v) is 4.41. The second-order valence-electron chi connectivity index (χ2n) is 7.55. The number of ketones is 1. The van der Waals surface area contributed by atoms with Crippen LogP contribution in [0.5, 0.6) is 0 Å². The summed E-state index contributed by atoms with van der Waals surface area (Å²) in [6.07, 6.45) is 2.75. The Hall–Kier alpha value is -2.63. The largest absolute Gasteiger partial charge is 0.493 e. The summed E-state index contributed by atoms with van der Waals surface area (Å²) < 4.78 is 5.29. The third kappa shape index (κ3) is 3.61. The molecule has 0 radical (unpaired) electrons. The van der Waals surface area contributed by atoms with Crippen molar-refractivity contribution in [2.24, 2.45) is 11.3 Å². The van der Waals surface area contributed by atoms with Gasteiger partial charge in [-0.1, -0.05) is 31.2 Å². The first-order valence-electron chi connectivity index (χ1n) is 9.25. The van der Waals surface area contributed by atoms with Crippen LogP contribution < -0.4 is 10.6 Å². The molecule has 1 aromatic carbocycles. The lowest BCUT2D eigenvalue weighted by molar-refractivity contribution is -0.128. The van der Waals surface area contributed by atoms with E-state index in [0.29, 0.717) is 19.5 Å². The number of ether oxygens (including phenoxy) is 1. The number of methoxy groups -OCH3 is 1. The maximum atomic E-state index is 13.0. The highest BCUT2D eigenvalue weighted by Crippen LogP contribution is 2.55. The second-order valence-corrected chi connectivity index (χ2v) is 7.55. The predicted octanol–water partition coefficient (Wildman–Crippen LogP) is 1.70. The first-order valence-corrected chi connectivity index (χ1v) is 9.25. The summed E-state index contributed by atoms with van der Waals surface area (Å²) in [5, 5.41) is 5.56. The molecule has 0 spiro atoms. The fourth-order valence-electron chi connectivity index (χ4n) is 4.41. The van der Waals surface area contributed by atoms with Gasteiger partial charge in [0.05, 0.1) is 13.0 Å². The molecule has 6 nitrogen and oxygen atoms in total. The third-order valence-electron chi connectivity index (χ3n) is 5.79. The van der Waals surface area contributed by atoms with Crippen LogP contribution in [-0.2, 0) is 25.5 Å². The maximum Gasteiger partial charge on any atom is 0.227 e. The minimum absolute atomic E-state index is 0.0313. The van der Waals surface area contributed by atoms with E-state index in [1.54, 1.807) is 6.08 Å². The lowest BCUT2D eigenvalue weighted by atomic mass is 9.67. The van der Waals surface area contributed by atoms with Crippen molar-refractivity contribution >= 4 is 17.6 Å². The van der Waals surface area contributed by atoms with E-state index in [9.17, 15) is 14.4 Å². The highest BCUT2D eigenvalue weighted by atomic mass is 16.5. The normalized spacial score (nSPS) is 26.3. The molecule has 0 aliphatic heterocycles. The molecule has 2 aliphatic carbocycles. The number of fused-ring (bicyclic) bond motifs is 3. The van der Waals surface area contributed by atoms with Crippen LogP contribution in [0.2, 0.25) is 0 Å². The smallest absolute Gasteiger partial charge is 0.227 e. The van der Waals surface area contributed by atoms with E-state index in [2.05, 4.69) is 29.7 Å². The molecule has 3 atom stereocenters. The topological polar surface area (TPSA) is 84.5 Å². The molecule has 1 aromatic rings. The molecule has 2 aliphatic rings. The van der Waals surface area contributed by atoms with Gasteiger partial charge in [0.25, 0.3) is 0 Å². The van der Waals surface area contributed by atoms with E-state index in [1.165, 1.54) is 19.6 Å². The number of benzene rings is 1. The van der Waals surface area contributed by atoms with E-state index in [1.807, 2.05) is 12.1 Å². The molecule has 2 N–H and O–H groups in total. The van der Waals surface area contributed by atoms with Gasteiger partial charge in [0.15, 0.2) is 11.5 Å². The molecule has 0 saturated heterocycles. The Labute approximate surface area is 159 Å². The van der Waals surface area contributed by atoms with Crippen LogP contribution >= 0.6 is 0 Å². The number of amides is 2. The summed E-state index contributed by atoms with van der Waals surface area (Å²) in [5.41, 5.74) is 1.94. The number of rotatable bonds is 5. The maximum absolute atomic E-state index is 13.0. The molecule has 0 aromatic heterocycles. The van der Waals surface area contributed by atoms with Gasteiger partial charge in [-0.15, -0.1) is 0 Å². The summed E-state index contributed by atoms with van der Waals surface area (Å²) >= 11 is 0. The van der Waals surface area contributed by atoms with Crippen LogP contribution in [0.25, 0.3) is 0 Å². The predicted molar refractivity (Wildman–Crippen MR) is 101 cm³/mol. The Bertz CT molecular complexity index is 801. The number of Topliss-reactive ketones (excluding diaryl/α,β-unsaturated/α-hetero) is 1. The lowest BCUT2D eigenvalue weighted by Gasteiger charge is -2.35. The molecular weight excluding hydrogens is 344 g/mol. The first-order chi connectivity index (χ1) is 12.9. The van der Waals surface area contributed by atoms with Gasteiger partial charge in [0.2, 0.25) is 11.8 Å². The zero-order valence-corrected chi connectivity index (χ0v) is 16.0. The van der Waals surface area contributed by atoms with E-state index in [0.717, 1.165) is 12.0 Å². The molecule has 2 amide bonds. The molecule has 0 unspecified atom stereocenters. The van der Waals surface area contributed by atoms with Crippen LogP contribution in [0, 0.1) is 11.3 Å². The second kappa shape index (κ2) is 7.55. The fraction of sp³-hybridized carbons (Fsp3) is 0.476. The van der Waals surface area contributed by atoms with Gasteiger partial charge in [-0.25, -0.2) is 0 Å². The molecular formula is C21H26N2O4. The summed E-state index contributed by atoms with van der Waals surface area (Å²) in [4.78, 5) is 36.7. The van der Waals surface area contributed by atoms with Crippen molar-refractivity contribution in [3.05, 3.63) is 47.2 Å². The van der Waals surface area contributed by atoms with E-state index in [-0.39, 0.29) is 29.3 Å². The van der Waals surface area contributed by atoms with E-state index in [4.69, 9.17) is 4.74 Å². The van der Waals surface area contributed by atoms with Crippen LogP contribution in [0.4, 0.5) is 0 Å². The van der Waals surface area contributed by atoms with Gasteiger partial charge in [0.1, 0.15) is 0 Å². The third-order valence-corrected chi connectivity index (χ3v) is 5.79. The van der Waals surface area contributed by atoms with Gasteiger partial charge in [-0.2, -0.15) is 0 Å². The molecule has 0 fully saturated rings. The quantitative estimate of drug-likeness (QED) is 0.773. The Morgan fingerprint density at radius 1 is 1.22 bits per heavy atom. The summed E-state index contributed by atoms with van der Waals surface area (Å²) in [6.45, 7) is 4.23. The highest BCUT2D eigenvalue weighted by molar-refractivity contribution is 5.96. The van der Waals surface area contributed by atoms with E-state index >= 15 is 0 Å². The molecule has 27 heavy (non-hydrogen) atoms. The number of carbonyl (C=O) groups is 3. The minimum Gasteiger partial charge on any atom is -0.493 e. The standard InChI is InChI=1S/C21H26N2O4/c1-13(24)22-8-9-23-20(26)17-11-19(27-3)18(25)10-16-15-7-5-4-6-14(15)12-21(16,17)2/h4-7,11,16-17H,8-10,12H2,1-3H3,(H,22,24)(H,23,26)/t16-,17-,21+/m1/s1. The molecule has 0 bridgehead atoms. The zero-order chi connectivity index (χ0) is 19.6. The van der Waals surface area contributed by atoms with Gasteiger partial charge in [0, 0.05) is 26.4 Å². The summed E-state index contributed by atoms with van der Waals surface area (Å²) in [7, 11) is 1.47. The molecule has 144 valence electrons. The molecule has 0 heterocycles. The highest BCUT2D eigenvalue weighted by Gasteiger charge is 2.52.